The summed E-state index contributed by atoms with van der Waals surface area (Å²) < 4.78 is 5.83. The maximum atomic E-state index is 12.1. The van der Waals surface area contributed by atoms with E-state index in [-0.39, 0.29) is 11.7 Å². The molecule has 2 aromatic carbocycles. The van der Waals surface area contributed by atoms with Gasteiger partial charge in [0.2, 0.25) is 11.8 Å². The van der Waals surface area contributed by atoms with E-state index in [0.29, 0.717) is 10.9 Å². The van der Waals surface area contributed by atoms with Crippen molar-refractivity contribution in [2.75, 3.05) is 11.1 Å². The van der Waals surface area contributed by atoms with Gasteiger partial charge in [0.05, 0.1) is 5.75 Å². The summed E-state index contributed by atoms with van der Waals surface area (Å²) in [7, 11) is 0. The number of nitrogens with zero attached hydrogens (tertiary/aromatic N) is 2. The van der Waals surface area contributed by atoms with E-state index in [1.807, 2.05) is 57.2 Å². The number of thioether (sulfide) groups is 1. The van der Waals surface area contributed by atoms with Gasteiger partial charge in [0.1, 0.15) is 17.1 Å². The van der Waals surface area contributed by atoms with Crippen molar-refractivity contribution in [3.8, 4) is 11.6 Å². The lowest BCUT2D eigenvalue weighted by molar-refractivity contribution is -0.113. The number of aromatic nitrogens is 2. The minimum Gasteiger partial charge on any atom is -0.439 e. The number of amides is 1. The first-order chi connectivity index (χ1) is 13.0. The Kier molecular flexibility index (Phi) is 6.08. The second kappa shape index (κ2) is 8.68. The predicted molar refractivity (Wildman–Crippen MR) is 109 cm³/mol. The molecule has 0 aliphatic rings. The maximum absolute atomic E-state index is 12.1. The molecule has 1 aromatic heterocycles. The molecule has 3 rings (SSSR count). The molecule has 0 radical (unpaired) electrons. The number of benzene rings is 2. The van der Waals surface area contributed by atoms with E-state index in [9.17, 15) is 4.79 Å². The minimum absolute atomic E-state index is 0.0824. The molecule has 6 heteroatoms. The van der Waals surface area contributed by atoms with Gasteiger partial charge in [-0.05, 0) is 61.7 Å². The Labute approximate surface area is 163 Å². The number of aryl methyl sites for hydroxylation is 3. The number of carbonyl (C=O) groups is 1. The number of ether oxygens (including phenoxy) is 1. The Morgan fingerprint density at radius 1 is 1.00 bits per heavy atom. The van der Waals surface area contributed by atoms with Crippen LogP contribution in [0.15, 0.2) is 59.9 Å². The fraction of sp³-hybridized carbons (Fsp3) is 0.190. The van der Waals surface area contributed by atoms with Crippen LogP contribution < -0.4 is 10.1 Å². The highest BCUT2D eigenvalue weighted by Gasteiger charge is 2.07. The predicted octanol–water partition coefficient (Wildman–Crippen LogP) is 4.92. The van der Waals surface area contributed by atoms with Crippen LogP contribution in [0, 0.1) is 20.8 Å². The molecule has 1 amide bonds. The van der Waals surface area contributed by atoms with Crippen molar-refractivity contribution in [2.45, 2.75) is 25.8 Å². The lowest BCUT2D eigenvalue weighted by Gasteiger charge is -2.08. The molecule has 0 aliphatic heterocycles. The molecule has 0 aliphatic carbocycles. The lowest BCUT2D eigenvalue weighted by Crippen LogP contribution is -2.14. The van der Waals surface area contributed by atoms with Crippen LogP contribution >= 0.6 is 11.8 Å². The van der Waals surface area contributed by atoms with E-state index in [1.54, 1.807) is 6.07 Å². The number of anilines is 1. The van der Waals surface area contributed by atoms with Gasteiger partial charge in [-0.25, -0.2) is 9.97 Å². The fourth-order valence-electron chi connectivity index (χ4n) is 2.63. The molecule has 27 heavy (non-hydrogen) atoms. The number of hydrogen-bond donors (Lipinski definition) is 1. The topological polar surface area (TPSA) is 64.1 Å². The molecular weight excluding hydrogens is 358 g/mol. The summed E-state index contributed by atoms with van der Waals surface area (Å²) >= 11 is 1.34. The Morgan fingerprint density at radius 3 is 2.52 bits per heavy atom. The fourth-order valence-corrected chi connectivity index (χ4v) is 3.29. The van der Waals surface area contributed by atoms with Crippen molar-refractivity contribution < 1.29 is 9.53 Å². The van der Waals surface area contributed by atoms with Gasteiger partial charge in [-0.3, -0.25) is 4.79 Å². The number of nitrogens with one attached hydrogen (secondary N) is 1. The molecule has 138 valence electrons. The first-order valence-corrected chi connectivity index (χ1v) is 9.54. The van der Waals surface area contributed by atoms with Crippen molar-refractivity contribution in [2.24, 2.45) is 0 Å². The van der Waals surface area contributed by atoms with Gasteiger partial charge < -0.3 is 10.1 Å². The largest absolute Gasteiger partial charge is 0.439 e. The highest BCUT2D eigenvalue weighted by atomic mass is 32.2. The molecule has 1 N–H and O–H groups in total. The number of rotatable bonds is 6. The van der Waals surface area contributed by atoms with Gasteiger partial charge in [0.25, 0.3) is 0 Å². The summed E-state index contributed by atoms with van der Waals surface area (Å²) in [5.41, 5.74) is 4.15. The van der Waals surface area contributed by atoms with Gasteiger partial charge in [-0.2, -0.15) is 0 Å². The van der Waals surface area contributed by atoms with Crippen LogP contribution in [0.25, 0.3) is 0 Å². The van der Waals surface area contributed by atoms with Crippen molar-refractivity contribution in [3.63, 3.8) is 0 Å². The zero-order chi connectivity index (χ0) is 19.2. The molecule has 0 fully saturated rings. The monoisotopic (exact) mass is 379 g/mol. The molecular formula is C21H21N3O2S. The third-order valence-corrected chi connectivity index (χ3v) is 4.61. The average Bonchev–Trinajstić information content (AvgIpc) is 2.59. The Balaban J connectivity index is 1.59. The molecule has 1 heterocycles. The second-order valence-corrected chi connectivity index (χ2v) is 7.32. The SMILES string of the molecule is Cc1cccc(NC(=O)CSc2cc(Oc3cc(C)cc(C)c3)ncn2)c1. The zero-order valence-corrected chi connectivity index (χ0v) is 16.3. The summed E-state index contributed by atoms with van der Waals surface area (Å²) in [4.78, 5) is 20.5. The van der Waals surface area contributed by atoms with Crippen LogP contribution in [-0.2, 0) is 4.79 Å². The highest BCUT2D eigenvalue weighted by molar-refractivity contribution is 7.99. The summed E-state index contributed by atoms with van der Waals surface area (Å²) in [6.07, 6.45) is 1.44. The van der Waals surface area contributed by atoms with Gasteiger partial charge in [0.15, 0.2) is 0 Å². The van der Waals surface area contributed by atoms with E-state index in [1.165, 1.54) is 18.1 Å². The van der Waals surface area contributed by atoms with Gasteiger partial charge in [-0.1, -0.05) is 30.0 Å². The highest BCUT2D eigenvalue weighted by Crippen LogP contribution is 2.25. The number of hydrogen-bond acceptors (Lipinski definition) is 5. The van der Waals surface area contributed by atoms with Crippen LogP contribution in [-0.4, -0.2) is 21.6 Å². The number of carbonyl (C=O) groups excluding carboxylic acids is 1. The van der Waals surface area contributed by atoms with E-state index < -0.39 is 0 Å². The third kappa shape index (κ3) is 5.82. The van der Waals surface area contributed by atoms with Gasteiger partial charge >= 0.3 is 0 Å². The van der Waals surface area contributed by atoms with Crippen molar-refractivity contribution in [1.82, 2.24) is 9.97 Å². The quantitative estimate of drug-likeness (QED) is 0.486. The molecule has 0 spiro atoms. The normalized spacial score (nSPS) is 10.5. The van der Waals surface area contributed by atoms with Crippen LogP contribution in [0.4, 0.5) is 5.69 Å². The molecule has 5 nitrogen and oxygen atoms in total. The molecule has 0 saturated carbocycles. The minimum atomic E-state index is -0.0824. The smallest absolute Gasteiger partial charge is 0.234 e. The Morgan fingerprint density at radius 2 is 1.78 bits per heavy atom. The van der Waals surface area contributed by atoms with Gasteiger partial charge in [-0.15, -0.1) is 0 Å². The molecule has 0 unspecified atom stereocenters. The van der Waals surface area contributed by atoms with E-state index >= 15 is 0 Å². The zero-order valence-electron chi connectivity index (χ0n) is 15.5. The van der Waals surface area contributed by atoms with E-state index in [4.69, 9.17) is 4.74 Å². The molecule has 0 bridgehead atoms. The summed E-state index contributed by atoms with van der Waals surface area (Å²) in [5.74, 6) is 1.37. The van der Waals surface area contributed by atoms with Crippen molar-refractivity contribution >= 4 is 23.4 Å². The second-order valence-electron chi connectivity index (χ2n) is 6.33. The first kappa shape index (κ1) is 18.9. The summed E-state index contributed by atoms with van der Waals surface area (Å²) in [5, 5.41) is 3.57. The van der Waals surface area contributed by atoms with Crippen molar-refractivity contribution in [1.29, 1.82) is 0 Å². The van der Waals surface area contributed by atoms with E-state index in [2.05, 4.69) is 21.4 Å². The van der Waals surface area contributed by atoms with Crippen LogP contribution in [0.5, 0.6) is 11.6 Å². The molecule has 0 saturated heterocycles. The molecule has 3 aromatic rings. The average molecular weight is 379 g/mol. The molecule has 0 atom stereocenters. The summed E-state index contributed by atoms with van der Waals surface area (Å²) in [6.45, 7) is 6.03. The van der Waals surface area contributed by atoms with Crippen LogP contribution in [0.3, 0.4) is 0 Å². The summed E-state index contributed by atoms with van der Waals surface area (Å²) in [6, 6.07) is 15.4. The van der Waals surface area contributed by atoms with E-state index in [0.717, 1.165) is 28.1 Å². The van der Waals surface area contributed by atoms with Crippen LogP contribution in [0.2, 0.25) is 0 Å². The third-order valence-electron chi connectivity index (χ3n) is 3.69. The van der Waals surface area contributed by atoms with Gasteiger partial charge in [0, 0.05) is 11.8 Å². The lowest BCUT2D eigenvalue weighted by atomic mass is 10.1. The Bertz CT molecular complexity index is 939. The first-order valence-electron chi connectivity index (χ1n) is 8.55. The standard InChI is InChI=1S/C21H21N3O2S/c1-14-5-4-6-17(8-14)24-19(25)12-27-21-11-20(22-13-23-21)26-18-9-15(2)7-16(3)10-18/h4-11,13H,12H2,1-3H3,(H,24,25). The van der Waals surface area contributed by atoms with Crippen molar-refractivity contribution in [3.05, 3.63) is 71.5 Å². The maximum Gasteiger partial charge on any atom is 0.234 e. The Hall–Kier alpha value is -2.86. The van der Waals surface area contributed by atoms with Crippen LogP contribution in [0.1, 0.15) is 16.7 Å².